The van der Waals surface area contributed by atoms with Gasteiger partial charge in [0.2, 0.25) is 0 Å². The number of nitrogen functional groups attached to an aromatic ring is 1. The van der Waals surface area contributed by atoms with Crippen LogP contribution in [0.25, 0.3) is 0 Å². The Balaban J connectivity index is 1.96. The van der Waals surface area contributed by atoms with E-state index in [1.807, 2.05) is 14.1 Å². The molecule has 7 heteroatoms. The minimum absolute atomic E-state index is 0.530. The number of hydrazine groups is 1. The van der Waals surface area contributed by atoms with E-state index in [4.69, 9.17) is 5.73 Å². The van der Waals surface area contributed by atoms with Gasteiger partial charge >= 0.3 is 0 Å². The Kier molecular flexibility index (Phi) is 4.53. The summed E-state index contributed by atoms with van der Waals surface area (Å²) in [6.45, 7) is 0.795. The van der Waals surface area contributed by atoms with Crippen molar-refractivity contribution in [1.29, 1.82) is 0 Å². The van der Waals surface area contributed by atoms with Crippen molar-refractivity contribution in [3.63, 3.8) is 0 Å². The molecule has 0 atom stereocenters. The van der Waals surface area contributed by atoms with Crippen LogP contribution >= 0.6 is 11.3 Å². The summed E-state index contributed by atoms with van der Waals surface area (Å²) < 4.78 is 0. The lowest BCUT2D eigenvalue weighted by Crippen LogP contribution is -2.22. The molecule has 0 bridgehead atoms. The quantitative estimate of drug-likeness (QED) is 0.698. The first kappa shape index (κ1) is 13.6. The lowest BCUT2D eigenvalue weighted by molar-refractivity contribution is 0.492. The number of hydrogen-bond donors (Lipinski definition) is 3. The van der Waals surface area contributed by atoms with E-state index in [1.54, 1.807) is 16.3 Å². The largest absolute Gasteiger partial charge is 0.393 e. The lowest BCUT2D eigenvalue weighted by Gasteiger charge is -2.16. The van der Waals surface area contributed by atoms with E-state index in [0.717, 1.165) is 13.0 Å². The van der Waals surface area contributed by atoms with Crippen LogP contribution in [0.4, 0.5) is 17.3 Å². The lowest BCUT2D eigenvalue weighted by atomic mass is 10.3. The molecule has 19 heavy (non-hydrogen) atoms. The van der Waals surface area contributed by atoms with Gasteiger partial charge in [0.15, 0.2) is 11.6 Å². The van der Waals surface area contributed by atoms with Gasteiger partial charge in [0.1, 0.15) is 12.0 Å². The van der Waals surface area contributed by atoms with Crippen molar-refractivity contribution in [2.45, 2.75) is 6.42 Å². The molecule has 2 rings (SSSR count). The summed E-state index contributed by atoms with van der Waals surface area (Å²) in [5, 5.41) is 7.10. The van der Waals surface area contributed by atoms with Crippen LogP contribution in [0, 0.1) is 0 Å². The highest BCUT2D eigenvalue weighted by Crippen LogP contribution is 2.22. The van der Waals surface area contributed by atoms with Gasteiger partial charge in [-0.15, -0.1) is 11.3 Å². The summed E-state index contributed by atoms with van der Waals surface area (Å²) in [6, 6.07) is 4.17. The molecule has 0 aliphatic carbocycles. The summed E-state index contributed by atoms with van der Waals surface area (Å²) in [5.41, 5.74) is 9.58. The summed E-state index contributed by atoms with van der Waals surface area (Å²) in [4.78, 5) is 9.61. The summed E-state index contributed by atoms with van der Waals surface area (Å²) in [7, 11) is 3.76. The molecule has 102 valence electrons. The molecule has 0 amide bonds. The third kappa shape index (κ3) is 3.80. The summed E-state index contributed by atoms with van der Waals surface area (Å²) >= 11 is 1.75. The second-order valence-electron chi connectivity index (χ2n) is 4.25. The van der Waals surface area contributed by atoms with Gasteiger partial charge in [-0.3, -0.25) is 0 Å². The highest BCUT2D eigenvalue weighted by atomic mass is 32.1. The van der Waals surface area contributed by atoms with Gasteiger partial charge in [-0.1, -0.05) is 6.07 Å². The smallest absolute Gasteiger partial charge is 0.169 e. The molecular weight excluding hydrogens is 260 g/mol. The fourth-order valence-electron chi connectivity index (χ4n) is 1.60. The Morgan fingerprint density at radius 3 is 2.79 bits per heavy atom. The van der Waals surface area contributed by atoms with Crippen molar-refractivity contribution in [2.24, 2.45) is 0 Å². The number of nitrogens with zero attached hydrogens (tertiary/aromatic N) is 3. The van der Waals surface area contributed by atoms with Gasteiger partial charge in [-0.25, -0.2) is 15.0 Å². The van der Waals surface area contributed by atoms with Gasteiger partial charge in [-0.2, -0.15) is 0 Å². The van der Waals surface area contributed by atoms with Gasteiger partial charge in [-0.05, 0) is 17.9 Å². The molecule has 0 aliphatic rings. The zero-order chi connectivity index (χ0) is 13.7. The van der Waals surface area contributed by atoms with E-state index in [2.05, 4.69) is 38.2 Å². The number of hydrogen-bond acceptors (Lipinski definition) is 7. The first-order valence-corrected chi connectivity index (χ1v) is 6.85. The van der Waals surface area contributed by atoms with Gasteiger partial charge < -0.3 is 16.5 Å². The van der Waals surface area contributed by atoms with Crippen molar-refractivity contribution in [3.8, 4) is 0 Å². The van der Waals surface area contributed by atoms with E-state index in [9.17, 15) is 0 Å². The molecule has 0 radical (unpaired) electrons. The Labute approximate surface area is 116 Å². The maximum absolute atomic E-state index is 6.02. The van der Waals surface area contributed by atoms with Crippen LogP contribution in [0.1, 0.15) is 4.88 Å². The van der Waals surface area contributed by atoms with Crippen molar-refractivity contribution < 1.29 is 0 Å². The zero-order valence-electron chi connectivity index (χ0n) is 11.1. The van der Waals surface area contributed by atoms with Crippen molar-refractivity contribution >= 4 is 28.7 Å². The second kappa shape index (κ2) is 6.35. The molecule has 0 saturated carbocycles. The Hall–Kier alpha value is -1.86. The third-order valence-electron chi connectivity index (χ3n) is 2.46. The van der Waals surface area contributed by atoms with Crippen molar-refractivity contribution in [3.05, 3.63) is 28.7 Å². The minimum Gasteiger partial charge on any atom is -0.393 e. The van der Waals surface area contributed by atoms with E-state index in [1.165, 1.54) is 11.2 Å². The third-order valence-corrected chi connectivity index (χ3v) is 3.39. The van der Waals surface area contributed by atoms with Crippen LogP contribution < -0.4 is 16.5 Å². The number of nitrogens with one attached hydrogen (secondary N) is 2. The predicted molar refractivity (Wildman–Crippen MR) is 80.3 cm³/mol. The average Bonchev–Trinajstić information content (AvgIpc) is 2.86. The van der Waals surface area contributed by atoms with E-state index >= 15 is 0 Å². The molecular formula is C12H18N6S. The second-order valence-corrected chi connectivity index (χ2v) is 5.28. The van der Waals surface area contributed by atoms with E-state index in [0.29, 0.717) is 17.3 Å². The number of aromatic nitrogens is 2. The van der Waals surface area contributed by atoms with Crippen LogP contribution in [-0.4, -0.2) is 35.6 Å². The topological polar surface area (TPSA) is 79.1 Å². The molecule has 0 fully saturated rings. The molecule has 0 saturated heterocycles. The number of rotatable bonds is 6. The van der Waals surface area contributed by atoms with E-state index in [-0.39, 0.29) is 0 Å². The molecule has 6 nitrogen and oxygen atoms in total. The fourth-order valence-corrected chi connectivity index (χ4v) is 2.31. The maximum Gasteiger partial charge on any atom is 0.169 e. The van der Waals surface area contributed by atoms with Gasteiger partial charge in [0, 0.05) is 25.5 Å². The molecule has 0 spiro atoms. The first-order chi connectivity index (χ1) is 9.16. The number of anilines is 3. The summed E-state index contributed by atoms with van der Waals surface area (Å²) in [5.74, 6) is 1.27. The standard InChI is InChI=1S/C12H18N6S/c1-18(2)17-12-10(13)11(15-8-16-12)14-6-5-9-4-3-7-19-9/h3-4,7-8H,5-6,13H2,1-2H3,(H2,14,15,16,17). The van der Waals surface area contributed by atoms with Crippen molar-refractivity contribution in [2.75, 3.05) is 37.1 Å². The Morgan fingerprint density at radius 2 is 2.11 bits per heavy atom. The predicted octanol–water partition coefficient (Wildman–Crippen LogP) is 1.66. The maximum atomic E-state index is 6.02. The van der Waals surface area contributed by atoms with Crippen LogP contribution in [0.2, 0.25) is 0 Å². The molecule has 0 unspecified atom stereocenters. The fraction of sp³-hybridized carbons (Fsp3) is 0.333. The van der Waals surface area contributed by atoms with Crippen LogP contribution in [0.5, 0.6) is 0 Å². The molecule has 2 heterocycles. The van der Waals surface area contributed by atoms with Gasteiger partial charge in [0.25, 0.3) is 0 Å². The van der Waals surface area contributed by atoms with Crippen LogP contribution in [-0.2, 0) is 6.42 Å². The normalized spacial score (nSPS) is 10.7. The molecule has 4 N–H and O–H groups in total. The average molecular weight is 278 g/mol. The number of thiophene rings is 1. The number of nitrogens with two attached hydrogens (primary N) is 1. The Morgan fingerprint density at radius 1 is 1.32 bits per heavy atom. The van der Waals surface area contributed by atoms with Crippen LogP contribution in [0.15, 0.2) is 23.8 Å². The molecule has 2 aromatic heterocycles. The summed E-state index contributed by atoms with van der Waals surface area (Å²) in [6.07, 6.45) is 2.45. The van der Waals surface area contributed by atoms with E-state index < -0.39 is 0 Å². The Bertz CT molecular complexity index is 511. The zero-order valence-corrected chi connectivity index (χ0v) is 11.9. The van der Waals surface area contributed by atoms with Crippen LogP contribution in [0.3, 0.4) is 0 Å². The monoisotopic (exact) mass is 278 g/mol. The van der Waals surface area contributed by atoms with Gasteiger partial charge in [0.05, 0.1) is 0 Å². The SMILES string of the molecule is CN(C)Nc1ncnc(NCCc2cccs2)c1N. The highest BCUT2D eigenvalue weighted by molar-refractivity contribution is 7.09. The molecule has 0 aliphatic heterocycles. The first-order valence-electron chi connectivity index (χ1n) is 5.97. The molecule has 0 aromatic carbocycles. The highest BCUT2D eigenvalue weighted by Gasteiger charge is 2.07. The molecule has 2 aromatic rings. The van der Waals surface area contributed by atoms with Crippen molar-refractivity contribution in [1.82, 2.24) is 15.0 Å². The minimum atomic E-state index is 0.530.